The number of alkyl halides is 3. The van der Waals surface area contributed by atoms with Gasteiger partial charge in [0.05, 0.1) is 28.0 Å². The minimum absolute atomic E-state index is 0.0903. The highest BCUT2D eigenvalue weighted by molar-refractivity contribution is 6.34. The summed E-state index contributed by atoms with van der Waals surface area (Å²) >= 11 is 6.25. The second-order valence-electron chi connectivity index (χ2n) is 9.29. The molecule has 4 N–H and O–H groups in total. The van der Waals surface area contributed by atoms with Crippen molar-refractivity contribution in [2.45, 2.75) is 46.0 Å². The Kier molecular flexibility index (Phi) is 10.0. The molecule has 1 amide bonds. The van der Waals surface area contributed by atoms with Gasteiger partial charge in [-0.05, 0) is 42.2 Å². The molecule has 43 heavy (non-hydrogen) atoms. The molecule has 0 fully saturated rings. The third-order valence-corrected chi connectivity index (χ3v) is 6.86. The lowest BCUT2D eigenvalue weighted by atomic mass is 10.1. The summed E-state index contributed by atoms with van der Waals surface area (Å²) in [6, 6.07) is 12.6. The zero-order valence-corrected chi connectivity index (χ0v) is 24.7. The van der Waals surface area contributed by atoms with Gasteiger partial charge in [0.1, 0.15) is 0 Å². The third-order valence-electron chi connectivity index (χ3n) is 6.55. The highest BCUT2D eigenvalue weighted by Crippen LogP contribution is 2.37. The number of aromatic nitrogens is 5. The molecule has 0 radical (unpaired) electrons. The number of nitrogens with one attached hydrogen (secondary N) is 2. The Labute approximate surface area is 251 Å². The molecular formula is C30H32ClF3N8O. The molecule has 3 heterocycles. The Morgan fingerprint density at radius 1 is 1.07 bits per heavy atom. The minimum Gasteiger partial charge on any atom is -0.355 e. The van der Waals surface area contributed by atoms with Gasteiger partial charge in [0.2, 0.25) is 0 Å². The van der Waals surface area contributed by atoms with Crippen molar-refractivity contribution >= 4 is 34.7 Å². The fraction of sp³-hybridized carbons (Fsp3) is 0.267. The molecule has 5 rings (SSSR count). The summed E-state index contributed by atoms with van der Waals surface area (Å²) in [4.78, 5) is 20.6. The first kappa shape index (κ1) is 31.5. The minimum atomic E-state index is -4.67. The molecule has 2 aromatic carbocycles. The van der Waals surface area contributed by atoms with Crippen molar-refractivity contribution in [3.63, 3.8) is 0 Å². The van der Waals surface area contributed by atoms with Gasteiger partial charge in [-0.1, -0.05) is 49.7 Å². The van der Waals surface area contributed by atoms with Crippen LogP contribution in [0.2, 0.25) is 5.02 Å². The van der Waals surface area contributed by atoms with Crippen LogP contribution in [0.15, 0.2) is 67.3 Å². The van der Waals surface area contributed by atoms with Gasteiger partial charge < -0.3 is 16.4 Å². The molecule has 226 valence electrons. The molecule has 0 unspecified atom stereocenters. The van der Waals surface area contributed by atoms with E-state index >= 15 is 0 Å². The van der Waals surface area contributed by atoms with Crippen LogP contribution in [0, 0.1) is 0 Å². The summed E-state index contributed by atoms with van der Waals surface area (Å²) in [6.45, 7) is 4.76. The quantitative estimate of drug-likeness (QED) is 0.175. The predicted molar refractivity (Wildman–Crippen MR) is 161 cm³/mol. The number of imidazole rings is 1. The lowest BCUT2D eigenvalue weighted by molar-refractivity contribution is -0.141. The number of aryl methyl sites for hydroxylation is 2. The van der Waals surface area contributed by atoms with Crippen molar-refractivity contribution in [3.05, 3.63) is 94.7 Å². The highest BCUT2D eigenvalue weighted by atomic mass is 35.5. The number of carbonyl (C=O) groups excluding carboxylic acids is 1. The molecular weight excluding hydrogens is 581 g/mol. The van der Waals surface area contributed by atoms with Crippen LogP contribution in [-0.4, -0.2) is 37.1 Å². The normalized spacial score (nSPS) is 11.3. The molecule has 9 nitrogen and oxygen atoms in total. The Morgan fingerprint density at radius 2 is 1.79 bits per heavy atom. The first-order chi connectivity index (χ1) is 20.7. The van der Waals surface area contributed by atoms with Gasteiger partial charge in [-0.25, -0.2) is 9.97 Å². The maximum atomic E-state index is 14.1. The average Bonchev–Trinajstić information content (AvgIpc) is 3.63. The second kappa shape index (κ2) is 13.7. The lowest BCUT2D eigenvalue weighted by Gasteiger charge is -2.10. The van der Waals surface area contributed by atoms with E-state index in [0.29, 0.717) is 48.6 Å². The van der Waals surface area contributed by atoms with E-state index in [4.69, 9.17) is 17.3 Å². The molecule has 0 saturated heterocycles. The molecule has 0 aliphatic carbocycles. The summed E-state index contributed by atoms with van der Waals surface area (Å²) in [5.74, 6) is -0.0361. The van der Waals surface area contributed by atoms with Crippen LogP contribution < -0.4 is 16.4 Å². The first-order valence-electron chi connectivity index (χ1n) is 13.7. The van der Waals surface area contributed by atoms with Gasteiger partial charge in [0, 0.05) is 44.4 Å². The SMILES string of the molecule is CC.CNC(=O)c1ccc(Nc2nccn3c(-c4cn(CCCc5ccc(CN)cc5)nc4C(F)(F)F)cnc23)cc1Cl. The summed E-state index contributed by atoms with van der Waals surface area (Å²) in [6.07, 6.45) is 2.37. The monoisotopic (exact) mass is 612 g/mol. The van der Waals surface area contributed by atoms with Gasteiger partial charge in [-0.3, -0.25) is 13.9 Å². The molecule has 0 bridgehead atoms. The molecule has 0 spiro atoms. The molecule has 0 aliphatic rings. The fourth-order valence-corrected chi connectivity index (χ4v) is 4.74. The second-order valence-corrected chi connectivity index (χ2v) is 9.70. The van der Waals surface area contributed by atoms with E-state index in [1.807, 2.05) is 38.1 Å². The van der Waals surface area contributed by atoms with Gasteiger partial charge in [-0.2, -0.15) is 18.3 Å². The van der Waals surface area contributed by atoms with Crippen LogP contribution in [0.5, 0.6) is 0 Å². The Balaban J connectivity index is 0.00000207. The van der Waals surface area contributed by atoms with Crippen LogP contribution >= 0.6 is 11.6 Å². The number of hydrogen-bond donors (Lipinski definition) is 3. The molecule has 5 aromatic rings. The predicted octanol–water partition coefficient (Wildman–Crippen LogP) is 6.49. The van der Waals surface area contributed by atoms with E-state index in [2.05, 4.69) is 25.7 Å². The standard InChI is InChI=1S/C28H26ClF3N8O.C2H6/c1-34-27(41)20-9-8-19(13-22(20)29)37-25-26-36-15-23(40(26)12-10-35-25)21-16-39(38-24(21)28(30,31)32)11-2-3-17-4-6-18(14-33)7-5-17;1-2/h4-10,12-13,15-16H,2-3,11,14,33H2,1H3,(H,34,41)(H,35,37);1-2H3. The summed E-state index contributed by atoms with van der Waals surface area (Å²) in [5.41, 5.74) is 7.99. The number of rotatable bonds is 9. The largest absolute Gasteiger partial charge is 0.435 e. The van der Waals surface area contributed by atoms with E-state index in [-0.39, 0.29) is 22.2 Å². The van der Waals surface area contributed by atoms with Crippen molar-refractivity contribution in [1.29, 1.82) is 0 Å². The fourth-order valence-electron chi connectivity index (χ4n) is 4.47. The maximum Gasteiger partial charge on any atom is 0.435 e. The van der Waals surface area contributed by atoms with Crippen molar-refractivity contribution in [2.75, 3.05) is 12.4 Å². The van der Waals surface area contributed by atoms with Crippen molar-refractivity contribution < 1.29 is 18.0 Å². The summed E-state index contributed by atoms with van der Waals surface area (Å²) in [7, 11) is 1.50. The van der Waals surface area contributed by atoms with Crippen LogP contribution in [0.4, 0.5) is 24.7 Å². The average molecular weight is 613 g/mol. The van der Waals surface area contributed by atoms with Crippen LogP contribution in [0.25, 0.3) is 16.9 Å². The molecule has 13 heteroatoms. The highest BCUT2D eigenvalue weighted by Gasteiger charge is 2.38. The number of nitrogens with zero attached hydrogens (tertiary/aromatic N) is 5. The van der Waals surface area contributed by atoms with E-state index in [1.54, 1.807) is 18.2 Å². The number of hydrogen-bond acceptors (Lipinski definition) is 6. The number of amides is 1. The van der Waals surface area contributed by atoms with E-state index < -0.39 is 11.9 Å². The first-order valence-corrected chi connectivity index (χ1v) is 14.1. The van der Waals surface area contributed by atoms with Gasteiger partial charge >= 0.3 is 6.18 Å². The molecule has 0 atom stereocenters. The van der Waals surface area contributed by atoms with Crippen LogP contribution in [-0.2, 0) is 25.7 Å². The summed E-state index contributed by atoms with van der Waals surface area (Å²) in [5, 5.41) is 9.70. The number of nitrogens with two attached hydrogens (primary N) is 1. The molecule has 0 aliphatic heterocycles. The van der Waals surface area contributed by atoms with Crippen molar-refractivity contribution in [2.24, 2.45) is 5.73 Å². The van der Waals surface area contributed by atoms with E-state index in [1.165, 1.54) is 40.9 Å². The van der Waals surface area contributed by atoms with E-state index in [0.717, 1.165) is 11.1 Å². The number of halogens is 4. The van der Waals surface area contributed by atoms with Gasteiger partial charge in [0.15, 0.2) is 17.2 Å². The Hall–Kier alpha value is -4.42. The number of benzene rings is 2. The van der Waals surface area contributed by atoms with Crippen molar-refractivity contribution in [3.8, 4) is 11.3 Å². The number of anilines is 2. The topological polar surface area (TPSA) is 115 Å². The molecule has 3 aromatic heterocycles. The number of fused-ring (bicyclic) bond motifs is 1. The van der Waals surface area contributed by atoms with Crippen molar-refractivity contribution in [1.82, 2.24) is 29.5 Å². The third kappa shape index (κ3) is 7.15. The zero-order chi connectivity index (χ0) is 31.1. The summed E-state index contributed by atoms with van der Waals surface area (Å²) < 4.78 is 45.0. The van der Waals surface area contributed by atoms with Crippen LogP contribution in [0.1, 0.15) is 47.4 Å². The lowest BCUT2D eigenvalue weighted by Crippen LogP contribution is -2.18. The van der Waals surface area contributed by atoms with E-state index in [9.17, 15) is 18.0 Å². The Morgan fingerprint density at radius 3 is 2.44 bits per heavy atom. The van der Waals surface area contributed by atoms with Gasteiger partial charge in [0.25, 0.3) is 5.91 Å². The van der Waals surface area contributed by atoms with Gasteiger partial charge in [-0.15, -0.1) is 0 Å². The maximum absolute atomic E-state index is 14.1. The molecule has 0 saturated carbocycles. The Bertz CT molecular complexity index is 1700. The van der Waals surface area contributed by atoms with Crippen LogP contribution in [0.3, 0.4) is 0 Å². The number of carbonyl (C=O) groups is 1. The smallest absolute Gasteiger partial charge is 0.355 e. The zero-order valence-electron chi connectivity index (χ0n) is 23.9.